The Hall–Kier alpha value is -1.94. The summed E-state index contributed by atoms with van der Waals surface area (Å²) in [5.74, 6) is -0.578. The summed E-state index contributed by atoms with van der Waals surface area (Å²) in [6.45, 7) is 9.63. The number of aliphatic hydroxyl groups excluding tert-OH is 1. The molecule has 19 heteroatoms. The molecule has 0 fully saturated rings. The number of ether oxygens (including phenoxy) is 4. The summed E-state index contributed by atoms with van der Waals surface area (Å²) in [4.78, 5) is 73.0. The number of rotatable bonds is 80. The summed E-state index contributed by atoms with van der Waals surface area (Å²) in [6.07, 6.45) is 62.4. The lowest BCUT2D eigenvalue weighted by Gasteiger charge is -2.21. The first-order valence-corrected chi connectivity index (χ1v) is 45.0. The van der Waals surface area contributed by atoms with Crippen LogP contribution in [-0.2, 0) is 65.4 Å². The van der Waals surface area contributed by atoms with Crippen molar-refractivity contribution < 1.29 is 80.2 Å². The molecule has 0 rings (SSSR count). The average molecular weight is 1470 g/mol. The van der Waals surface area contributed by atoms with E-state index >= 15 is 0 Å². The summed E-state index contributed by atoms with van der Waals surface area (Å²) in [5.41, 5.74) is 0. The van der Waals surface area contributed by atoms with E-state index in [4.69, 9.17) is 37.0 Å². The van der Waals surface area contributed by atoms with Gasteiger partial charge in [0.2, 0.25) is 0 Å². The van der Waals surface area contributed by atoms with Gasteiger partial charge in [-0.15, -0.1) is 0 Å². The first-order valence-electron chi connectivity index (χ1n) is 42.0. The van der Waals surface area contributed by atoms with E-state index in [9.17, 15) is 43.2 Å². The molecule has 0 radical (unpaired) electrons. The summed E-state index contributed by atoms with van der Waals surface area (Å²) < 4.78 is 68.7. The number of phosphoric ester groups is 2. The van der Waals surface area contributed by atoms with Gasteiger partial charge in [0.25, 0.3) is 0 Å². The van der Waals surface area contributed by atoms with Crippen molar-refractivity contribution in [1.29, 1.82) is 0 Å². The van der Waals surface area contributed by atoms with E-state index in [2.05, 4.69) is 41.5 Å². The standard InChI is InChI=1S/C81H158O17P2/c1-7-9-11-13-15-17-19-21-22-23-24-27-31-34-38-45-51-57-63-78(83)91-69-76(97-81(86)66-60-54-48-40-36-32-28-25-26-30-33-37-43-49-55-61-73(3)4)71-95-99(87,88)93-67-75(82)68-94-100(89,90)96-72-77(70-92-79(84)64-58-52-46-42-41-44-50-56-62-74(5)6)98-80(85)65-59-53-47-39-35-29-20-18-16-14-12-10-8-2/h73-77,82H,7-72H2,1-6H3,(H,87,88)(H,89,90)/t75-,76-,77-/m1/s1. The molecular formula is C81H158O17P2. The van der Waals surface area contributed by atoms with E-state index in [-0.39, 0.29) is 25.7 Å². The lowest BCUT2D eigenvalue weighted by atomic mass is 10.0. The van der Waals surface area contributed by atoms with Gasteiger partial charge in [-0.05, 0) is 37.5 Å². The van der Waals surface area contributed by atoms with Gasteiger partial charge in [0.05, 0.1) is 26.4 Å². The van der Waals surface area contributed by atoms with Crippen molar-refractivity contribution in [3.05, 3.63) is 0 Å². The molecule has 0 aromatic carbocycles. The zero-order chi connectivity index (χ0) is 73.5. The highest BCUT2D eigenvalue weighted by molar-refractivity contribution is 7.47. The van der Waals surface area contributed by atoms with Crippen molar-refractivity contribution in [1.82, 2.24) is 0 Å². The average Bonchev–Trinajstić information content (AvgIpc) is 0.919. The molecule has 0 heterocycles. The third-order valence-electron chi connectivity index (χ3n) is 19.0. The number of hydrogen-bond donors (Lipinski definition) is 3. The van der Waals surface area contributed by atoms with Crippen LogP contribution in [0.25, 0.3) is 0 Å². The van der Waals surface area contributed by atoms with Gasteiger partial charge < -0.3 is 33.8 Å². The fraction of sp³-hybridized carbons (Fsp3) is 0.951. The van der Waals surface area contributed by atoms with Crippen LogP contribution in [0.15, 0.2) is 0 Å². The Balaban J connectivity index is 5.24. The van der Waals surface area contributed by atoms with Crippen LogP contribution in [0.1, 0.15) is 427 Å². The van der Waals surface area contributed by atoms with Crippen molar-refractivity contribution >= 4 is 39.5 Å². The lowest BCUT2D eigenvalue weighted by molar-refractivity contribution is -0.161. The predicted octanol–water partition coefficient (Wildman–Crippen LogP) is 24.3. The maximum absolute atomic E-state index is 13.1. The minimum Gasteiger partial charge on any atom is -0.462 e. The highest BCUT2D eigenvalue weighted by Gasteiger charge is 2.30. The Bertz CT molecular complexity index is 1920. The zero-order valence-electron chi connectivity index (χ0n) is 65.5. The molecule has 0 aromatic heterocycles. The molecule has 5 atom stereocenters. The third-order valence-corrected chi connectivity index (χ3v) is 20.9. The molecule has 0 saturated carbocycles. The minimum absolute atomic E-state index is 0.107. The smallest absolute Gasteiger partial charge is 0.462 e. The lowest BCUT2D eigenvalue weighted by Crippen LogP contribution is -2.30. The van der Waals surface area contributed by atoms with Crippen LogP contribution < -0.4 is 0 Å². The number of aliphatic hydroxyl groups is 1. The Morgan fingerprint density at radius 1 is 0.270 bits per heavy atom. The van der Waals surface area contributed by atoms with E-state index in [1.807, 2.05) is 0 Å². The highest BCUT2D eigenvalue weighted by Crippen LogP contribution is 2.45. The number of hydrogen-bond acceptors (Lipinski definition) is 15. The van der Waals surface area contributed by atoms with Gasteiger partial charge in [-0.2, -0.15) is 0 Å². The molecule has 17 nitrogen and oxygen atoms in total. The number of phosphoric acid groups is 2. The summed E-state index contributed by atoms with van der Waals surface area (Å²) in [5, 5.41) is 10.6. The molecule has 594 valence electrons. The Labute approximate surface area is 613 Å². The molecule has 0 bridgehead atoms. The van der Waals surface area contributed by atoms with Gasteiger partial charge in [0.15, 0.2) is 12.2 Å². The van der Waals surface area contributed by atoms with E-state index in [1.54, 1.807) is 0 Å². The monoisotopic (exact) mass is 1470 g/mol. The van der Waals surface area contributed by atoms with Gasteiger partial charge in [-0.25, -0.2) is 9.13 Å². The van der Waals surface area contributed by atoms with Gasteiger partial charge in [-0.3, -0.25) is 37.3 Å². The van der Waals surface area contributed by atoms with Gasteiger partial charge in [0, 0.05) is 25.7 Å². The first kappa shape index (κ1) is 98.1. The molecule has 100 heavy (non-hydrogen) atoms. The van der Waals surface area contributed by atoms with Crippen LogP contribution >= 0.6 is 15.6 Å². The number of unbranched alkanes of at least 4 members (excludes halogenated alkanes) is 50. The second-order valence-electron chi connectivity index (χ2n) is 30.1. The second-order valence-corrected chi connectivity index (χ2v) is 33.0. The molecule has 0 aliphatic rings. The maximum atomic E-state index is 13.1. The second kappa shape index (κ2) is 72.6. The molecule has 0 spiro atoms. The Morgan fingerprint density at radius 2 is 0.460 bits per heavy atom. The highest BCUT2D eigenvalue weighted by atomic mass is 31.2. The maximum Gasteiger partial charge on any atom is 0.472 e. The van der Waals surface area contributed by atoms with Crippen molar-refractivity contribution in [3.8, 4) is 0 Å². The Kier molecular flexibility index (Phi) is 71.2. The topological polar surface area (TPSA) is 237 Å². The molecule has 0 aliphatic carbocycles. The number of esters is 4. The quantitative estimate of drug-likeness (QED) is 0.0222. The molecule has 0 aliphatic heterocycles. The fourth-order valence-electron chi connectivity index (χ4n) is 12.5. The SMILES string of the molecule is CCCCCCCCCCCCCCCCCCCCC(=O)OC[C@H](COP(=O)(O)OC[C@@H](O)COP(=O)(O)OC[C@@H](COC(=O)CCCCCCCCCCC(C)C)OC(=O)CCCCCCCCCCCCCCC)OC(=O)CCCCCCCCCCCCCCCCCC(C)C. The van der Waals surface area contributed by atoms with Crippen molar-refractivity contribution in [2.75, 3.05) is 39.6 Å². The minimum atomic E-state index is -4.96. The third kappa shape index (κ3) is 74.3. The normalized spacial score (nSPS) is 13.9. The summed E-state index contributed by atoms with van der Waals surface area (Å²) in [6, 6.07) is 0. The van der Waals surface area contributed by atoms with Crippen molar-refractivity contribution in [2.24, 2.45) is 11.8 Å². The largest absolute Gasteiger partial charge is 0.472 e. The Morgan fingerprint density at radius 3 is 0.680 bits per heavy atom. The predicted molar refractivity (Wildman–Crippen MR) is 409 cm³/mol. The molecular weight excluding hydrogens is 1310 g/mol. The van der Waals surface area contributed by atoms with E-state index in [0.29, 0.717) is 25.7 Å². The molecule has 0 saturated heterocycles. The molecule has 0 amide bonds. The van der Waals surface area contributed by atoms with Crippen LogP contribution in [0.4, 0.5) is 0 Å². The van der Waals surface area contributed by atoms with Crippen LogP contribution in [0, 0.1) is 11.8 Å². The van der Waals surface area contributed by atoms with E-state index in [1.165, 1.54) is 244 Å². The van der Waals surface area contributed by atoms with Crippen LogP contribution in [0.3, 0.4) is 0 Å². The van der Waals surface area contributed by atoms with E-state index < -0.39 is 97.5 Å². The zero-order valence-corrected chi connectivity index (χ0v) is 67.3. The fourth-order valence-corrected chi connectivity index (χ4v) is 14.1. The van der Waals surface area contributed by atoms with Crippen molar-refractivity contribution in [2.45, 2.75) is 445 Å². The van der Waals surface area contributed by atoms with E-state index in [0.717, 1.165) is 102 Å². The number of carbonyl (C=O) groups is 4. The molecule has 3 N–H and O–H groups in total. The van der Waals surface area contributed by atoms with Crippen LogP contribution in [-0.4, -0.2) is 96.7 Å². The van der Waals surface area contributed by atoms with Gasteiger partial charge >= 0.3 is 39.5 Å². The van der Waals surface area contributed by atoms with Gasteiger partial charge in [0.1, 0.15) is 19.3 Å². The first-order chi connectivity index (χ1) is 48.4. The van der Waals surface area contributed by atoms with Crippen LogP contribution in [0.5, 0.6) is 0 Å². The molecule has 0 aromatic rings. The summed E-state index contributed by atoms with van der Waals surface area (Å²) in [7, 11) is -9.92. The number of carbonyl (C=O) groups excluding carboxylic acids is 4. The summed E-state index contributed by atoms with van der Waals surface area (Å²) >= 11 is 0. The molecule has 2 unspecified atom stereocenters. The van der Waals surface area contributed by atoms with Crippen LogP contribution in [0.2, 0.25) is 0 Å². The van der Waals surface area contributed by atoms with Crippen molar-refractivity contribution in [3.63, 3.8) is 0 Å². The van der Waals surface area contributed by atoms with Gasteiger partial charge in [-0.1, -0.05) is 375 Å².